The number of amides is 1. The number of aryl methyl sites for hydroxylation is 1. The van der Waals surface area contributed by atoms with Crippen LogP contribution in [0.15, 0.2) is 59.7 Å². The molecule has 0 spiro atoms. The molecule has 8 nitrogen and oxygen atoms in total. The molecule has 1 unspecified atom stereocenters. The first-order chi connectivity index (χ1) is 16.3. The minimum Gasteiger partial charge on any atom is -0.479 e. The summed E-state index contributed by atoms with van der Waals surface area (Å²) >= 11 is 12.3. The van der Waals surface area contributed by atoms with E-state index in [2.05, 4.69) is 4.98 Å². The van der Waals surface area contributed by atoms with Gasteiger partial charge in [0, 0.05) is 24.5 Å². The van der Waals surface area contributed by atoms with Crippen LogP contribution in [-0.4, -0.2) is 32.3 Å². The first-order valence-corrected chi connectivity index (χ1v) is 11.1. The summed E-state index contributed by atoms with van der Waals surface area (Å²) in [5.41, 5.74) is 3.25. The normalized spacial score (nSPS) is 15.0. The lowest BCUT2D eigenvalue weighted by molar-refractivity contribution is 0.0992. The third-order valence-corrected chi connectivity index (χ3v) is 6.38. The maximum atomic E-state index is 13.8. The fourth-order valence-corrected chi connectivity index (χ4v) is 4.65. The van der Waals surface area contributed by atoms with Crippen LogP contribution in [0.25, 0.3) is 5.69 Å². The Balaban J connectivity index is 1.74. The van der Waals surface area contributed by atoms with E-state index in [0.29, 0.717) is 39.2 Å². The maximum absolute atomic E-state index is 13.8. The lowest BCUT2D eigenvalue weighted by Crippen LogP contribution is -2.31. The number of pyridine rings is 2. The number of methoxy groups -OCH3 is 1. The van der Waals surface area contributed by atoms with Crippen molar-refractivity contribution >= 4 is 34.8 Å². The highest BCUT2D eigenvalue weighted by Crippen LogP contribution is 2.43. The molecular weight excluding hydrogens is 477 g/mol. The van der Waals surface area contributed by atoms with Crippen molar-refractivity contribution in [2.75, 3.05) is 12.0 Å². The molecule has 172 valence electrons. The molecule has 1 atom stereocenters. The fourth-order valence-electron chi connectivity index (χ4n) is 4.28. The molecule has 0 aliphatic carbocycles. The Morgan fingerprint density at radius 2 is 1.82 bits per heavy atom. The third kappa shape index (κ3) is 3.38. The van der Waals surface area contributed by atoms with E-state index in [4.69, 9.17) is 33.0 Å². The Morgan fingerprint density at radius 1 is 1.09 bits per heavy atom. The van der Waals surface area contributed by atoms with E-state index in [1.807, 2.05) is 25.1 Å². The second-order valence-corrected chi connectivity index (χ2v) is 8.72. The number of halogens is 2. The van der Waals surface area contributed by atoms with Crippen molar-refractivity contribution in [3.8, 4) is 11.6 Å². The summed E-state index contributed by atoms with van der Waals surface area (Å²) in [6.07, 6.45) is 3.22. The summed E-state index contributed by atoms with van der Waals surface area (Å²) in [7, 11) is 3.13. The van der Waals surface area contributed by atoms with Crippen LogP contribution >= 0.6 is 23.2 Å². The zero-order valence-corrected chi connectivity index (χ0v) is 20.0. The highest BCUT2D eigenvalue weighted by Gasteiger charge is 2.44. The molecule has 1 aliphatic heterocycles. The van der Waals surface area contributed by atoms with Gasteiger partial charge in [-0.1, -0.05) is 35.3 Å². The zero-order valence-electron chi connectivity index (χ0n) is 18.5. The Labute approximate surface area is 204 Å². The molecule has 1 aromatic carbocycles. The van der Waals surface area contributed by atoms with E-state index < -0.39 is 6.04 Å². The molecule has 34 heavy (non-hydrogen) atoms. The van der Waals surface area contributed by atoms with Crippen LogP contribution in [-0.2, 0) is 7.05 Å². The first-order valence-electron chi connectivity index (χ1n) is 10.4. The van der Waals surface area contributed by atoms with Crippen molar-refractivity contribution in [3.05, 3.63) is 97.8 Å². The van der Waals surface area contributed by atoms with E-state index in [-0.39, 0.29) is 16.5 Å². The fraction of sp³-hybridized carbons (Fsp3) is 0.167. The molecule has 5 rings (SSSR count). The molecule has 0 saturated heterocycles. The molecule has 4 aromatic rings. The van der Waals surface area contributed by atoms with Crippen molar-refractivity contribution < 1.29 is 9.53 Å². The number of hydrogen-bond acceptors (Lipinski definition) is 5. The van der Waals surface area contributed by atoms with E-state index in [9.17, 15) is 9.59 Å². The van der Waals surface area contributed by atoms with Crippen molar-refractivity contribution in [1.82, 2.24) is 19.3 Å². The molecule has 4 heterocycles. The molecule has 0 fully saturated rings. The largest absolute Gasteiger partial charge is 0.479 e. The number of anilines is 1. The van der Waals surface area contributed by atoms with E-state index >= 15 is 0 Å². The lowest BCUT2D eigenvalue weighted by atomic mass is 10.0. The van der Waals surface area contributed by atoms with Crippen molar-refractivity contribution in [2.24, 2.45) is 7.05 Å². The topological polar surface area (TPSA) is 82.2 Å². The zero-order chi connectivity index (χ0) is 24.1. The van der Waals surface area contributed by atoms with E-state index in [0.717, 1.165) is 5.56 Å². The SMILES string of the molecule is COc1ncccc1-n1nc2c(c1C)C(=O)N(c1cc(Cl)c(=O)n(C)c1)C2c1ccc(Cl)cc1. The number of aromatic nitrogens is 4. The summed E-state index contributed by atoms with van der Waals surface area (Å²) in [5, 5.41) is 5.44. The number of carbonyl (C=O) groups excluding carboxylic acids is 1. The average Bonchev–Trinajstić information content (AvgIpc) is 3.31. The van der Waals surface area contributed by atoms with Gasteiger partial charge in [0.15, 0.2) is 0 Å². The van der Waals surface area contributed by atoms with Gasteiger partial charge in [0.2, 0.25) is 5.88 Å². The predicted octanol–water partition coefficient (Wildman–Crippen LogP) is 4.34. The van der Waals surface area contributed by atoms with Gasteiger partial charge in [0.05, 0.1) is 24.1 Å². The van der Waals surface area contributed by atoms with Crippen molar-refractivity contribution in [2.45, 2.75) is 13.0 Å². The molecule has 0 radical (unpaired) electrons. The Morgan fingerprint density at radius 3 is 2.50 bits per heavy atom. The first kappa shape index (κ1) is 22.2. The number of carbonyl (C=O) groups is 1. The number of benzene rings is 1. The maximum Gasteiger partial charge on any atom is 0.269 e. The smallest absolute Gasteiger partial charge is 0.269 e. The second kappa shape index (κ2) is 8.30. The minimum atomic E-state index is -0.559. The van der Waals surface area contributed by atoms with Gasteiger partial charge in [0.25, 0.3) is 11.5 Å². The average molecular weight is 496 g/mol. The Bertz CT molecular complexity index is 1470. The molecule has 0 bridgehead atoms. The standard InChI is InChI=1S/C24H19Cl2N5O3/c1-13-19-20(28-31(13)18-5-4-10-27-22(18)34-3)21(14-6-8-15(25)9-7-14)30(24(19)33)16-11-17(26)23(32)29(2)12-16/h4-12,21H,1-3H3. The van der Waals surface area contributed by atoms with E-state index in [1.54, 1.807) is 47.2 Å². The molecule has 3 aromatic heterocycles. The summed E-state index contributed by atoms with van der Waals surface area (Å²) in [6, 6.07) is 11.8. The number of hydrogen-bond donors (Lipinski definition) is 0. The van der Waals surface area contributed by atoms with Crippen LogP contribution < -0.4 is 15.2 Å². The Hall–Kier alpha value is -3.62. The second-order valence-electron chi connectivity index (χ2n) is 7.88. The quantitative estimate of drug-likeness (QED) is 0.420. The molecule has 10 heteroatoms. The van der Waals surface area contributed by atoms with Gasteiger partial charge in [-0.15, -0.1) is 0 Å². The van der Waals surface area contributed by atoms with Crippen LogP contribution in [0, 0.1) is 6.92 Å². The monoisotopic (exact) mass is 495 g/mol. The molecule has 1 aliphatic rings. The lowest BCUT2D eigenvalue weighted by Gasteiger charge is -2.26. The van der Waals surface area contributed by atoms with Crippen LogP contribution in [0.2, 0.25) is 10.0 Å². The highest BCUT2D eigenvalue weighted by molar-refractivity contribution is 6.31. The summed E-state index contributed by atoms with van der Waals surface area (Å²) in [4.78, 5) is 31.9. The number of rotatable bonds is 4. The molecular formula is C24H19Cl2N5O3. The molecule has 0 saturated carbocycles. The molecule has 1 amide bonds. The number of nitrogens with zero attached hydrogens (tertiary/aromatic N) is 5. The highest BCUT2D eigenvalue weighted by atomic mass is 35.5. The van der Waals surface area contributed by atoms with Crippen LogP contribution in [0.1, 0.15) is 33.4 Å². The van der Waals surface area contributed by atoms with Crippen LogP contribution in [0.3, 0.4) is 0 Å². The van der Waals surface area contributed by atoms with Gasteiger partial charge in [-0.2, -0.15) is 5.10 Å². The molecule has 0 N–H and O–H groups in total. The minimum absolute atomic E-state index is 0.0223. The van der Waals surface area contributed by atoms with Crippen molar-refractivity contribution in [1.29, 1.82) is 0 Å². The summed E-state index contributed by atoms with van der Waals surface area (Å²) in [5.74, 6) is 0.139. The van der Waals surface area contributed by atoms with Gasteiger partial charge in [-0.3, -0.25) is 14.5 Å². The number of fused-ring (bicyclic) bond motifs is 1. The van der Waals surface area contributed by atoms with Gasteiger partial charge in [-0.25, -0.2) is 9.67 Å². The van der Waals surface area contributed by atoms with E-state index in [1.165, 1.54) is 17.7 Å². The predicted molar refractivity (Wildman–Crippen MR) is 129 cm³/mol. The summed E-state index contributed by atoms with van der Waals surface area (Å²) < 4.78 is 8.43. The van der Waals surface area contributed by atoms with Gasteiger partial charge in [-0.05, 0) is 42.8 Å². The number of ether oxygens (including phenoxy) is 1. The van der Waals surface area contributed by atoms with Crippen molar-refractivity contribution in [3.63, 3.8) is 0 Å². The van der Waals surface area contributed by atoms with Crippen LogP contribution in [0.4, 0.5) is 5.69 Å². The van der Waals surface area contributed by atoms with Gasteiger partial charge < -0.3 is 9.30 Å². The Kier molecular flexibility index (Phi) is 5.42. The van der Waals surface area contributed by atoms with Crippen LogP contribution in [0.5, 0.6) is 5.88 Å². The third-order valence-electron chi connectivity index (χ3n) is 5.85. The van der Waals surface area contributed by atoms with Gasteiger partial charge >= 0.3 is 0 Å². The summed E-state index contributed by atoms with van der Waals surface area (Å²) in [6.45, 7) is 1.83. The van der Waals surface area contributed by atoms with Gasteiger partial charge in [0.1, 0.15) is 22.4 Å².